The highest BCUT2D eigenvalue weighted by atomic mass is 32.2. The van der Waals surface area contributed by atoms with Crippen LogP contribution in [0.3, 0.4) is 0 Å². The molecule has 0 amide bonds. The van der Waals surface area contributed by atoms with Crippen LogP contribution < -0.4 is 9.88 Å². The van der Waals surface area contributed by atoms with E-state index in [-0.39, 0.29) is 0 Å². The first-order valence-corrected chi connectivity index (χ1v) is 12.1. The predicted molar refractivity (Wildman–Crippen MR) is 116 cm³/mol. The number of nitrogens with one attached hydrogen (secondary N) is 1. The van der Waals surface area contributed by atoms with Gasteiger partial charge in [0.1, 0.15) is 17.3 Å². The zero-order valence-corrected chi connectivity index (χ0v) is 18.7. The van der Waals surface area contributed by atoms with Crippen LogP contribution in [0, 0.1) is 18.3 Å². The molecule has 1 saturated heterocycles. The zero-order chi connectivity index (χ0) is 21.5. The first-order valence-electron chi connectivity index (χ1n) is 10.7. The largest absolute Gasteiger partial charge is 0.293 e. The smallest absolute Gasteiger partial charge is 0.258 e. The van der Waals surface area contributed by atoms with Gasteiger partial charge in [0, 0.05) is 5.92 Å². The van der Waals surface area contributed by atoms with Crippen LogP contribution >= 0.6 is 0 Å². The van der Waals surface area contributed by atoms with Crippen LogP contribution in [0.4, 0.5) is 5.82 Å². The van der Waals surface area contributed by atoms with Crippen molar-refractivity contribution in [3.8, 4) is 6.07 Å². The molecule has 0 radical (unpaired) electrons. The molecule has 0 atom stereocenters. The molecule has 2 aliphatic rings. The molecule has 1 aromatic carbocycles. The van der Waals surface area contributed by atoms with Crippen molar-refractivity contribution in [1.29, 1.82) is 5.26 Å². The molecular formula is C23H29N4O2S+. The molecule has 1 aromatic heterocycles. The second kappa shape index (κ2) is 8.01. The van der Waals surface area contributed by atoms with Gasteiger partial charge in [0.15, 0.2) is 0 Å². The maximum absolute atomic E-state index is 13.0. The summed E-state index contributed by atoms with van der Waals surface area (Å²) in [7, 11) is -3.50. The minimum atomic E-state index is -3.50. The minimum Gasteiger partial charge on any atom is -0.258 e. The van der Waals surface area contributed by atoms with E-state index in [0.29, 0.717) is 37.0 Å². The first kappa shape index (κ1) is 20.8. The Morgan fingerprint density at radius 2 is 1.67 bits per heavy atom. The van der Waals surface area contributed by atoms with E-state index in [9.17, 15) is 13.7 Å². The van der Waals surface area contributed by atoms with E-state index >= 15 is 0 Å². The number of piperazine rings is 1. The molecule has 2 aromatic rings. The van der Waals surface area contributed by atoms with Crippen LogP contribution in [0.25, 0.3) is 0 Å². The second-order valence-electron chi connectivity index (χ2n) is 8.54. The number of nitriles is 1. The highest BCUT2D eigenvalue weighted by Crippen LogP contribution is 2.33. The number of benzene rings is 1. The number of aromatic nitrogens is 1. The number of nitrogens with zero attached hydrogens (tertiary/aromatic N) is 3. The number of sulfonamides is 1. The summed E-state index contributed by atoms with van der Waals surface area (Å²) >= 11 is 0. The Bertz CT molecular complexity index is 1090. The summed E-state index contributed by atoms with van der Waals surface area (Å²) in [4.78, 5) is 6.04. The van der Waals surface area contributed by atoms with E-state index in [1.165, 1.54) is 16.8 Å². The van der Waals surface area contributed by atoms with Crippen molar-refractivity contribution in [2.24, 2.45) is 0 Å². The third-order valence-corrected chi connectivity index (χ3v) is 8.15. The minimum absolute atomic E-state index is 0.338. The van der Waals surface area contributed by atoms with Gasteiger partial charge in [-0.05, 0) is 49.4 Å². The van der Waals surface area contributed by atoms with Gasteiger partial charge in [0.05, 0.1) is 31.1 Å². The van der Waals surface area contributed by atoms with Crippen LogP contribution in [0.5, 0.6) is 0 Å². The summed E-state index contributed by atoms with van der Waals surface area (Å²) in [5.74, 6) is 1.21. The Labute approximate surface area is 179 Å². The SMILES string of the molecule is Cc1ccc(S(=O)(=O)N2CCN(c3[nH+]c(C(C)C)c4c(c3C#N)CCC4)CC2)cc1. The van der Waals surface area contributed by atoms with Crippen molar-refractivity contribution in [3.63, 3.8) is 0 Å². The fourth-order valence-electron chi connectivity index (χ4n) is 4.59. The van der Waals surface area contributed by atoms with Crippen molar-refractivity contribution in [2.75, 3.05) is 31.1 Å². The Morgan fingerprint density at radius 3 is 2.27 bits per heavy atom. The van der Waals surface area contributed by atoms with E-state index in [1.54, 1.807) is 16.4 Å². The quantitative estimate of drug-likeness (QED) is 0.755. The number of fused-ring (bicyclic) bond motifs is 1. The summed E-state index contributed by atoms with van der Waals surface area (Å²) in [6, 6.07) is 9.43. The lowest BCUT2D eigenvalue weighted by atomic mass is 9.97. The van der Waals surface area contributed by atoms with Gasteiger partial charge >= 0.3 is 0 Å². The number of H-pyrrole nitrogens is 1. The lowest BCUT2D eigenvalue weighted by molar-refractivity contribution is -0.379. The van der Waals surface area contributed by atoms with Crippen molar-refractivity contribution in [3.05, 3.63) is 52.2 Å². The molecule has 0 saturated carbocycles. The van der Waals surface area contributed by atoms with Gasteiger partial charge in [-0.1, -0.05) is 31.5 Å². The number of rotatable bonds is 4. The van der Waals surface area contributed by atoms with Gasteiger partial charge in [0.2, 0.25) is 10.0 Å². The molecule has 0 bridgehead atoms. The summed E-state index contributed by atoms with van der Waals surface area (Å²) in [6.07, 6.45) is 3.06. The predicted octanol–water partition coefficient (Wildman–Crippen LogP) is 2.80. The first-order chi connectivity index (χ1) is 14.3. The van der Waals surface area contributed by atoms with Gasteiger partial charge in [-0.15, -0.1) is 0 Å². The van der Waals surface area contributed by atoms with E-state index in [1.807, 2.05) is 19.1 Å². The summed E-state index contributed by atoms with van der Waals surface area (Å²) in [5.41, 5.74) is 5.49. The maximum Gasteiger partial charge on any atom is 0.293 e. The molecule has 158 valence electrons. The van der Waals surface area contributed by atoms with E-state index < -0.39 is 10.0 Å². The number of anilines is 1. The normalized spacial score (nSPS) is 17.2. The van der Waals surface area contributed by atoms with Gasteiger partial charge in [-0.25, -0.2) is 13.4 Å². The molecule has 4 rings (SSSR count). The number of aryl methyl sites for hydroxylation is 1. The standard InChI is InChI=1S/C23H28N4O2S/c1-16(2)22-20-6-4-5-19(20)21(15-24)23(25-22)26-11-13-27(14-12-26)30(28,29)18-9-7-17(3)8-10-18/h7-10,16H,4-6,11-14H2,1-3H3/p+1. The molecule has 1 aliphatic heterocycles. The molecule has 6 nitrogen and oxygen atoms in total. The van der Waals surface area contributed by atoms with Crippen LogP contribution in [0.1, 0.15) is 54.1 Å². The Balaban J connectivity index is 1.60. The molecule has 7 heteroatoms. The highest BCUT2D eigenvalue weighted by Gasteiger charge is 2.36. The van der Waals surface area contributed by atoms with Gasteiger partial charge in [-0.3, -0.25) is 4.90 Å². The van der Waals surface area contributed by atoms with Gasteiger partial charge < -0.3 is 0 Å². The Hall–Kier alpha value is -2.43. The third kappa shape index (κ3) is 3.59. The van der Waals surface area contributed by atoms with E-state index in [2.05, 4.69) is 29.8 Å². The molecule has 1 fully saturated rings. The maximum atomic E-state index is 13.0. The molecule has 2 heterocycles. The van der Waals surface area contributed by atoms with Crippen molar-refractivity contribution in [2.45, 2.75) is 50.8 Å². The lowest BCUT2D eigenvalue weighted by Gasteiger charge is -2.31. The van der Waals surface area contributed by atoms with E-state index in [4.69, 9.17) is 0 Å². The molecule has 1 aliphatic carbocycles. The number of hydrogen-bond acceptors (Lipinski definition) is 4. The van der Waals surface area contributed by atoms with Crippen LogP contribution in [-0.4, -0.2) is 38.9 Å². The topological polar surface area (TPSA) is 78.6 Å². The van der Waals surface area contributed by atoms with Crippen LogP contribution in [0.2, 0.25) is 0 Å². The Kier molecular flexibility index (Phi) is 5.56. The number of hydrogen-bond donors (Lipinski definition) is 0. The molecule has 0 unspecified atom stereocenters. The number of aromatic amines is 1. The van der Waals surface area contributed by atoms with Crippen molar-refractivity contribution >= 4 is 15.8 Å². The highest BCUT2D eigenvalue weighted by molar-refractivity contribution is 7.89. The van der Waals surface area contributed by atoms with Crippen molar-refractivity contribution in [1.82, 2.24) is 4.31 Å². The summed E-state index contributed by atoms with van der Waals surface area (Å²) in [5, 5.41) is 9.89. The average Bonchev–Trinajstić information content (AvgIpc) is 3.22. The fourth-order valence-corrected chi connectivity index (χ4v) is 6.01. The lowest BCUT2D eigenvalue weighted by Crippen LogP contribution is -2.50. The van der Waals surface area contributed by atoms with E-state index in [0.717, 1.165) is 36.2 Å². The average molecular weight is 426 g/mol. The molecular weight excluding hydrogens is 396 g/mol. The third-order valence-electron chi connectivity index (χ3n) is 6.24. The zero-order valence-electron chi connectivity index (χ0n) is 17.9. The van der Waals surface area contributed by atoms with Crippen LogP contribution in [0.15, 0.2) is 29.2 Å². The molecule has 0 spiro atoms. The number of pyridine rings is 1. The van der Waals surface area contributed by atoms with Gasteiger partial charge in [-0.2, -0.15) is 9.57 Å². The van der Waals surface area contributed by atoms with Crippen molar-refractivity contribution < 1.29 is 13.4 Å². The monoisotopic (exact) mass is 425 g/mol. The Morgan fingerprint density at radius 1 is 1.03 bits per heavy atom. The molecule has 1 N–H and O–H groups in total. The molecule has 30 heavy (non-hydrogen) atoms. The van der Waals surface area contributed by atoms with Crippen LogP contribution in [-0.2, 0) is 22.9 Å². The van der Waals surface area contributed by atoms with Gasteiger partial charge in [0.25, 0.3) is 5.82 Å². The second-order valence-corrected chi connectivity index (χ2v) is 10.5. The summed E-state index contributed by atoms with van der Waals surface area (Å²) in [6.45, 7) is 8.23. The summed E-state index contributed by atoms with van der Waals surface area (Å²) < 4.78 is 27.6. The fraction of sp³-hybridized carbons (Fsp3) is 0.478.